The van der Waals surface area contributed by atoms with E-state index >= 15 is 0 Å². The Balaban J connectivity index is 2.27. The first-order valence-electron chi connectivity index (χ1n) is 5.48. The normalized spacial score (nSPS) is 13.2. The predicted octanol–water partition coefficient (Wildman–Crippen LogP) is 1.60. The van der Waals surface area contributed by atoms with Gasteiger partial charge in [-0.05, 0) is 24.4 Å². The maximum atomic E-state index is 5.69. The fourth-order valence-corrected chi connectivity index (χ4v) is 2.18. The minimum absolute atomic E-state index is 0.0182. The van der Waals surface area contributed by atoms with E-state index in [1.807, 2.05) is 6.92 Å². The van der Waals surface area contributed by atoms with Gasteiger partial charge in [0.1, 0.15) is 4.88 Å². The molecular formula is C10H15N5OS. The summed E-state index contributed by atoms with van der Waals surface area (Å²) < 4.78 is 9.14. The molecule has 1 atom stereocenters. The van der Waals surface area contributed by atoms with Crippen molar-refractivity contribution < 1.29 is 4.52 Å². The topological polar surface area (TPSA) is 90.7 Å². The number of hydrogen-bond acceptors (Lipinski definition) is 7. The summed E-state index contributed by atoms with van der Waals surface area (Å²) in [7, 11) is 0. The summed E-state index contributed by atoms with van der Waals surface area (Å²) in [6.07, 6.45) is 0.604. The van der Waals surface area contributed by atoms with E-state index in [0.717, 1.165) is 10.6 Å². The number of aromatic nitrogens is 4. The summed E-state index contributed by atoms with van der Waals surface area (Å²) in [5.41, 5.74) is 6.58. The highest BCUT2D eigenvalue weighted by Crippen LogP contribution is 2.29. The van der Waals surface area contributed by atoms with Crippen molar-refractivity contribution in [3.05, 3.63) is 11.5 Å². The third kappa shape index (κ3) is 2.67. The smallest absolute Gasteiger partial charge is 0.271 e. The Kier molecular flexibility index (Phi) is 3.49. The van der Waals surface area contributed by atoms with Crippen molar-refractivity contribution in [1.29, 1.82) is 0 Å². The van der Waals surface area contributed by atoms with Gasteiger partial charge in [-0.25, -0.2) is 0 Å². The van der Waals surface area contributed by atoms with E-state index in [1.54, 1.807) is 0 Å². The molecule has 0 aliphatic heterocycles. The van der Waals surface area contributed by atoms with E-state index in [0.29, 0.717) is 18.1 Å². The Bertz CT molecular complexity index is 490. The monoisotopic (exact) mass is 253 g/mol. The molecule has 92 valence electrons. The van der Waals surface area contributed by atoms with Crippen LogP contribution in [0.3, 0.4) is 0 Å². The van der Waals surface area contributed by atoms with Crippen LogP contribution in [0.25, 0.3) is 10.8 Å². The van der Waals surface area contributed by atoms with Crippen LogP contribution in [0.5, 0.6) is 0 Å². The van der Waals surface area contributed by atoms with Crippen LogP contribution in [0.2, 0.25) is 0 Å². The lowest BCUT2D eigenvalue weighted by Crippen LogP contribution is -2.18. The van der Waals surface area contributed by atoms with E-state index < -0.39 is 0 Å². The standard InChI is InChI=1S/C10H15N5OS/c1-5(2)8-9(17-15-13-8)10-12-7(14-16-10)4-6(3)11/h5-6H,4,11H2,1-3H3. The first kappa shape index (κ1) is 12.1. The molecule has 17 heavy (non-hydrogen) atoms. The van der Waals surface area contributed by atoms with Crippen molar-refractivity contribution >= 4 is 11.5 Å². The number of nitrogens with two attached hydrogens (primary N) is 1. The molecule has 2 rings (SSSR count). The molecule has 0 saturated carbocycles. The zero-order valence-corrected chi connectivity index (χ0v) is 10.9. The number of hydrogen-bond donors (Lipinski definition) is 1. The van der Waals surface area contributed by atoms with Gasteiger partial charge in [0.25, 0.3) is 5.89 Å². The van der Waals surface area contributed by atoms with E-state index in [-0.39, 0.29) is 12.0 Å². The fraction of sp³-hybridized carbons (Fsp3) is 0.600. The Morgan fingerprint density at radius 2 is 2.12 bits per heavy atom. The van der Waals surface area contributed by atoms with E-state index in [4.69, 9.17) is 10.3 Å². The van der Waals surface area contributed by atoms with E-state index in [9.17, 15) is 0 Å². The van der Waals surface area contributed by atoms with Crippen LogP contribution in [0.15, 0.2) is 4.52 Å². The lowest BCUT2D eigenvalue weighted by atomic mass is 10.1. The highest BCUT2D eigenvalue weighted by molar-refractivity contribution is 7.09. The lowest BCUT2D eigenvalue weighted by Gasteiger charge is -1.99. The zero-order chi connectivity index (χ0) is 12.4. The summed E-state index contributed by atoms with van der Waals surface area (Å²) in [4.78, 5) is 5.16. The van der Waals surface area contributed by atoms with Crippen molar-refractivity contribution in [3.63, 3.8) is 0 Å². The third-order valence-corrected chi connectivity index (χ3v) is 2.96. The highest BCUT2D eigenvalue weighted by Gasteiger charge is 2.19. The van der Waals surface area contributed by atoms with Crippen LogP contribution in [-0.2, 0) is 6.42 Å². The first-order chi connectivity index (χ1) is 8.08. The van der Waals surface area contributed by atoms with Crippen LogP contribution in [0.4, 0.5) is 0 Å². The number of rotatable bonds is 4. The Hall–Kier alpha value is -1.34. The summed E-state index contributed by atoms with van der Waals surface area (Å²) in [5, 5.41) is 7.98. The Morgan fingerprint density at radius 1 is 1.35 bits per heavy atom. The fourth-order valence-electron chi connectivity index (χ4n) is 1.44. The van der Waals surface area contributed by atoms with Crippen LogP contribution in [0, 0.1) is 0 Å². The molecule has 1 unspecified atom stereocenters. The summed E-state index contributed by atoms with van der Waals surface area (Å²) in [5.74, 6) is 1.39. The van der Waals surface area contributed by atoms with Crippen LogP contribution in [-0.4, -0.2) is 25.8 Å². The molecule has 2 aromatic heterocycles. The minimum Gasteiger partial charge on any atom is -0.333 e. The van der Waals surface area contributed by atoms with Crippen LogP contribution >= 0.6 is 11.5 Å². The molecule has 2 N–H and O–H groups in total. The summed E-state index contributed by atoms with van der Waals surface area (Å²) in [6.45, 7) is 6.02. The molecule has 2 heterocycles. The lowest BCUT2D eigenvalue weighted by molar-refractivity contribution is 0.420. The summed E-state index contributed by atoms with van der Waals surface area (Å²) >= 11 is 1.27. The number of nitrogens with zero attached hydrogens (tertiary/aromatic N) is 4. The van der Waals surface area contributed by atoms with E-state index in [1.165, 1.54) is 11.5 Å². The van der Waals surface area contributed by atoms with Gasteiger partial charge in [0, 0.05) is 12.5 Å². The predicted molar refractivity (Wildman–Crippen MR) is 64.6 cm³/mol. The van der Waals surface area contributed by atoms with Gasteiger partial charge in [-0.3, -0.25) is 0 Å². The van der Waals surface area contributed by atoms with Gasteiger partial charge in [-0.15, -0.1) is 5.10 Å². The molecule has 0 aliphatic carbocycles. The van der Waals surface area contributed by atoms with E-state index in [2.05, 4.69) is 33.6 Å². The van der Waals surface area contributed by atoms with Gasteiger partial charge in [0.15, 0.2) is 5.82 Å². The van der Waals surface area contributed by atoms with Crippen LogP contribution in [0.1, 0.15) is 38.2 Å². The second kappa shape index (κ2) is 4.89. The molecule has 2 aromatic rings. The first-order valence-corrected chi connectivity index (χ1v) is 6.26. The van der Waals surface area contributed by atoms with Gasteiger partial charge in [0.2, 0.25) is 0 Å². The average Bonchev–Trinajstić information content (AvgIpc) is 2.82. The molecule has 0 aromatic carbocycles. The molecular weight excluding hydrogens is 238 g/mol. The van der Waals surface area contributed by atoms with Gasteiger partial charge in [0.05, 0.1) is 5.69 Å². The molecule has 0 fully saturated rings. The van der Waals surface area contributed by atoms with Crippen molar-refractivity contribution in [3.8, 4) is 10.8 Å². The highest BCUT2D eigenvalue weighted by atomic mass is 32.1. The molecule has 0 spiro atoms. The molecule has 0 amide bonds. The van der Waals surface area contributed by atoms with Crippen molar-refractivity contribution in [2.24, 2.45) is 5.73 Å². The molecule has 0 saturated heterocycles. The van der Waals surface area contributed by atoms with Crippen molar-refractivity contribution in [2.75, 3.05) is 0 Å². The largest absolute Gasteiger partial charge is 0.333 e. The van der Waals surface area contributed by atoms with Gasteiger partial charge < -0.3 is 10.3 Å². The average molecular weight is 253 g/mol. The SMILES string of the molecule is CC(N)Cc1noc(-c2snnc2C(C)C)n1. The molecule has 6 nitrogen and oxygen atoms in total. The van der Waals surface area contributed by atoms with Gasteiger partial charge >= 0.3 is 0 Å². The molecule has 0 aliphatic rings. The minimum atomic E-state index is 0.0182. The second-order valence-electron chi connectivity index (χ2n) is 4.34. The van der Waals surface area contributed by atoms with Gasteiger partial charge in [-0.2, -0.15) is 4.98 Å². The molecule has 0 bridgehead atoms. The summed E-state index contributed by atoms with van der Waals surface area (Å²) in [6, 6.07) is 0.0182. The maximum absolute atomic E-state index is 5.69. The van der Waals surface area contributed by atoms with Crippen LogP contribution < -0.4 is 5.73 Å². The zero-order valence-electron chi connectivity index (χ0n) is 10.0. The van der Waals surface area contributed by atoms with Crippen molar-refractivity contribution in [2.45, 2.75) is 39.2 Å². The third-order valence-electron chi connectivity index (χ3n) is 2.23. The van der Waals surface area contributed by atoms with Crippen molar-refractivity contribution in [1.82, 2.24) is 19.7 Å². The molecule has 7 heteroatoms. The quantitative estimate of drug-likeness (QED) is 0.890. The second-order valence-corrected chi connectivity index (χ2v) is 5.09. The molecule has 0 radical (unpaired) electrons. The van der Waals surface area contributed by atoms with Gasteiger partial charge in [-0.1, -0.05) is 23.5 Å². The Labute approximate surface area is 103 Å². The maximum Gasteiger partial charge on any atom is 0.271 e. The Morgan fingerprint density at radius 3 is 2.76 bits per heavy atom.